The van der Waals surface area contributed by atoms with Crippen LogP contribution in [0.3, 0.4) is 0 Å². The van der Waals surface area contributed by atoms with E-state index in [1.54, 1.807) is 13.1 Å². The van der Waals surface area contributed by atoms with Crippen LogP contribution in [0.1, 0.15) is 55.4 Å². The van der Waals surface area contributed by atoms with E-state index >= 15 is 0 Å². The summed E-state index contributed by atoms with van der Waals surface area (Å²) in [5.41, 5.74) is 0.0101. The SMILES string of the molecule is C.CC(C)(CC(C)(C)O[Si](C)(C)C)C[Si](C)(C)C.CC(C)(C[Si](C)(C)O)O[Si](C)(C)O.[Y]. The zero-order chi connectivity index (χ0) is 25.0. The van der Waals surface area contributed by atoms with Crippen molar-refractivity contribution in [1.29, 1.82) is 0 Å². The summed E-state index contributed by atoms with van der Waals surface area (Å²) in [6, 6.07) is 2.02. The van der Waals surface area contributed by atoms with Gasteiger partial charge in [0.1, 0.15) is 0 Å². The van der Waals surface area contributed by atoms with Crippen LogP contribution in [0.2, 0.25) is 77.6 Å². The minimum absolute atomic E-state index is 0. The molecule has 32 heavy (non-hydrogen) atoms. The first-order chi connectivity index (χ1) is 12.5. The van der Waals surface area contributed by atoms with E-state index in [0.717, 1.165) is 6.42 Å². The fraction of sp³-hybridized carbons (Fsp3) is 1.00. The Hall–Kier alpha value is 1.81. The van der Waals surface area contributed by atoms with Crippen molar-refractivity contribution in [3.63, 3.8) is 0 Å². The summed E-state index contributed by atoms with van der Waals surface area (Å²) in [5, 5.41) is 0. The van der Waals surface area contributed by atoms with Gasteiger partial charge in [0.05, 0.1) is 11.2 Å². The van der Waals surface area contributed by atoms with Gasteiger partial charge in [-0.2, -0.15) is 0 Å². The Balaban J connectivity index is -0.000000238. The first-order valence-electron chi connectivity index (χ1n) is 11.4. The molecule has 0 aromatic rings. The molecule has 0 aromatic carbocycles. The molecule has 0 bridgehead atoms. The Morgan fingerprint density at radius 2 is 1.00 bits per heavy atom. The van der Waals surface area contributed by atoms with E-state index in [2.05, 4.69) is 67.0 Å². The molecule has 0 aliphatic rings. The Morgan fingerprint density at radius 3 is 1.25 bits per heavy atom. The van der Waals surface area contributed by atoms with Crippen LogP contribution in [0.25, 0.3) is 0 Å². The van der Waals surface area contributed by atoms with E-state index in [-0.39, 0.29) is 45.7 Å². The van der Waals surface area contributed by atoms with Crippen LogP contribution < -0.4 is 0 Å². The molecule has 195 valence electrons. The maximum Gasteiger partial charge on any atom is 0.329 e. The average Bonchev–Trinajstić information content (AvgIpc) is 2.09. The van der Waals surface area contributed by atoms with Gasteiger partial charge in [-0.3, -0.25) is 0 Å². The number of hydrogen-bond acceptors (Lipinski definition) is 4. The average molecular weight is 602 g/mol. The predicted octanol–water partition coefficient (Wildman–Crippen LogP) is 7.68. The molecule has 0 heterocycles. The maximum atomic E-state index is 9.74. The Labute approximate surface area is 232 Å². The van der Waals surface area contributed by atoms with Gasteiger partial charge < -0.3 is 18.4 Å². The van der Waals surface area contributed by atoms with Crippen molar-refractivity contribution >= 4 is 33.3 Å². The molecule has 0 unspecified atom stereocenters. The molecule has 0 atom stereocenters. The summed E-state index contributed by atoms with van der Waals surface area (Å²) in [6.45, 7) is 34.6. The third-order valence-corrected chi connectivity index (χ3v) is 9.83. The van der Waals surface area contributed by atoms with Gasteiger partial charge in [0.2, 0.25) is 0 Å². The quantitative estimate of drug-likeness (QED) is 0.252. The summed E-state index contributed by atoms with van der Waals surface area (Å²) in [7, 11) is -7.02. The third-order valence-electron chi connectivity index (χ3n) is 3.88. The molecule has 9 heteroatoms. The van der Waals surface area contributed by atoms with Crippen molar-refractivity contribution in [2.24, 2.45) is 5.41 Å². The molecule has 2 N–H and O–H groups in total. The van der Waals surface area contributed by atoms with Crippen LogP contribution in [-0.4, -0.2) is 54.1 Å². The minimum atomic E-state index is -2.48. The zero-order valence-electron chi connectivity index (χ0n) is 23.9. The molecular formula is C23H60O4Si4Y. The zero-order valence-corrected chi connectivity index (χ0v) is 30.7. The summed E-state index contributed by atoms with van der Waals surface area (Å²) in [6.07, 6.45) is 1.16. The summed E-state index contributed by atoms with van der Waals surface area (Å²) in [4.78, 5) is 19.3. The maximum absolute atomic E-state index is 9.74. The molecule has 4 nitrogen and oxygen atoms in total. The van der Waals surface area contributed by atoms with Crippen LogP contribution in [-0.2, 0) is 41.6 Å². The van der Waals surface area contributed by atoms with Gasteiger partial charge in [-0.15, -0.1) is 0 Å². The Bertz CT molecular complexity index is 468. The fourth-order valence-corrected chi connectivity index (χ4v) is 13.7. The largest absolute Gasteiger partial charge is 0.432 e. The van der Waals surface area contributed by atoms with E-state index in [4.69, 9.17) is 8.85 Å². The predicted molar refractivity (Wildman–Crippen MR) is 151 cm³/mol. The van der Waals surface area contributed by atoms with Crippen LogP contribution in [0.5, 0.6) is 0 Å². The summed E-state index contributed by atoms with van der Waals surface area (Å²) in [5.74, 6) is 0. The minimum Gasteiger partial charge on any atom is -0.432 e. The second kappa shape index (κ2) is 13.9. The molecule has 1 radical (unpaired) electrons. The van der Waals surface area contributed by atoms with E-state index in [1.807, 2.05) is 26.9 Å². The van der Waals surface area contributed by atoms with Crippen molar-refractivity contribution in [2.75, 3.05) is 0 Å². The van der Waals surface area contributed by atoms with Gasteiger partial charge in [0.25, 0.3) is 0 Å². The van der Waals surface area contributed by atoms with E-state index < -0.39 is 38.9 Å². The van der Waals surface area contributed by atoms with Gasteiger partial charge >= 0.3 is 8.56 Å². The van der Waals surface area contributed by atoms with Gasteiger partial charge in [-0.25, -0.2) is 0 Å². The van der Waals surface area contributed by atoms with E-state index in [9.17, 15) is 9.59 Å². The molecule has 0 amide bonds. The van der Waals surface area contributed by atoms with Crippen molar-refractivity contribution in [3.8, 4) is 0 Å². The second-order valence-corrected chi connectivity index (χ2v) is 31.3. The Morgan fingerprint density at radius 1 is 0.625 bits per heavy atom. The molecule has 0 saturated heterocycles. The third kappa shape index (κ3) is 29.8. The van der Waals surface area contributed by atoms with Gasteiger partial charge in [0, 0.05) is 40.8 Å². The van der Waals surface area contributed by atoms with Crippen LogP contribution in [0, 0.1) is 5.41 Å². The molecular weight excluding hydrogens is 541 g/mol. The molecule has 0 fully saturated rings. The smallest absolute Gasteiger partial charge is 0.329 e. The van der Waals surface area contributed by atoms with E-state index in [0.29, 0.717) is 11.5 Å². The fourth-order valence-electron chi connectivity index (χ4n) is 5.27. The van der Waals surface area contributed by atoms with Gasteiger partial charge in [0.15, 0.2) is 16.6 Å². The first kappa shape index (κ1) is 41.0. The molecule has 0 aliphatic carbocycles. The van der Waals surface area contributed by atoms with Crippen LogP contribution in [0.4, 0.5) is 0 Å². The topological polar surface area (TPSA) is 58.9 Å². The van der Waals surface area contributed by atoms with E-state index in [1.165, 1.54) is 6.04 Å². The molecule has 0 rings (SSSR count). The van der Waals surface area contributed by atoms with Crippen molar-refractivity contribution < 1.29 is 51.2 Å². The first-order valence-corrected chi connectivity index (χ1v) is 24.5. The standard InChI is InChI=1S/C14H34OSi2.C8H22O3Si2.CH4.Y/c1-13(2,12-16(5,6)7)11-14(3,4)15-17(8,9)10;1-8(2,7-12(3,4)9)11-13(5,6)10;;/h11-12H2,1-10H3;9-10H,7H2,1-6H3;1H4;. The van der Waals surface area contributed by atoms with Gasteiger partial charge in [-0.05, 0) is 91.4 Å². The van der Waals surface area contributed by atoms with Crippen LogP contribution >= 0.6 is 0 Å². The van der Waals surface area contributed by atoms with Crippen molar-refractivity contribution in [1.82, 2.24) is 0 Å². The number of rotatable bonds is 10. The summed E-state index contributed by atoms with van der Waals surface area (Å²) >= 11 is 0. The normalized spacial score (nSPS) is 14.1. The Kier molecular flexibility index (Phi) is 17.8. The molecule has 0 spiro atoms. The summed E-state index contributed by atoms with van der Waals surface area (Å²) < 4.78 is 11.9. The number of hydrogen-bond donors (Lipinski definition) is 2. The molecule has 0 aliphatic heterocycles. The molecule has 0 saturated carbocycles. The van der Waals surface area contributed by atoms with Crippen molar-refractivity contribution in [2.45, 2.75) is 144 Å². The van der Waals surface area contributed by atoms with Crippen molar-refractivity contribution in [3.05, 3.63) is 0 Å². The second-order valence-electron chi connectivity index (χ2n) is 14.4. The molecule has 0 aromatic heterocycles. The van der Waals surface area contributed by atoms with Crippen LogP contribution in [0.15, 0.2) is 0 Å². The van der Waals surface area contributed by atoms with Gasteiger partial charge in [-0.1, -0.05) is 47.0 Å². The monoisotopic (exact) mass is 601 g/mol.